The highest BCUT2D eigenvalue weighted by Crippen LogP contribution is 2.23. The fraction of sp³-hybridized carbons (Fsp3) is 0.357. The van der Waals surface area contributed by atoms with E-state index in [1.165, 1.54) is 0 Å². The number of benzene rings is 1. The lowest BCUT2D eigenvalue weighted by Gasteiger charge is -2.17. The normalized spacial score (nSPS) is 11.2. The van der Waals surface area contributed by atoms with Crippen LogP contribution < -0.4 is 10.2 Å². The molecule has 1 rings (SSSR count). The zero-order valence-electron chi connectivity index (χ0n) is 10.9. The third-order valence-corrected chi connectivity index (χ3v) is 2.50. The number of para-hydroxylation sites is 2. The van der Waals surface area contributed by atoms with Crippen LogP contribution in [-0.4, -0.2) is 20.0 Å². The Morgan fingerprint density at radius 1 is 1.35 bits per heavy atom. The topological polar surface area (TPSA) is 32.3 Å². The first-order valence-corrected chi connectivity index (χ1v) is 5.80. The van der Waals surface area contributed by atoms with Gasteiger partial charge in [0, 0.05) is 19.7 Å². The van der Waals surface area contributed by atoms with E-state index in [9.17, 15) is 4.79 Å². The molecule has 0 heterocycles. The maximum atomic E-state index is 11.9. The van der Waals surface area contributed by atoms with Crippen LogP contribution in [0.4, 0.5) is 11.4 Å². The third kappa shape index (κ3) is 3.63. The monoisotopic (exact) mass is 232 g/mol. The number of amides is 1. The average Bonchev–Trinajstić information content (AvgIpc) is 2.29. The molecule has 92 valence electrons. The number of carbonyl (C=O) groups excluding carboxylic acids is 1. The Balaban J connectivity index is 2.89. The van der Waals surface area contributed by atoms with Crippen LogP contribution in [0.5, 0.6) is 0 Å². The second-order valence-electron chi connectivity index (χ2n) is 4.16. The standard InChI is InChI=1S/C14H20N2O/c1-5-8-11(2)14(17)15-12-9-6-7-10-13(12)16(3)4/h6-10H,5H2,1-4H3,(H,15,17). The molecule has 0 bridgehead atoms. The molecule has 1 amide bonds. The van der Waals surface area contributed by atoms with E-state index in [4.69, 9.17) is 0 Å². The second kappa shape index (κ2) is 6.09. The summed E-state index contributed by atoms with van der Waals surface area (Å²) in [7, 11) is 3.92. The Hall–Kier alpha value is -1.77. The number of allylic oxidation sites excluding steroid dienone is 1. The summed E-state index contributed by atoms with van der Waals surface area (Å²) in [6, 6.07) is 7.77. The maximum Gasteiger partial charge on any atom is 0.251 e. The first-order chi connectivity index (χ1) is 8.06. The quantitative estimate of drug-likeness (QED) is 0.809. The minimum Gasteiger partial charge on any atom is -0.376 e. The van der Waals surface area contributed by atoms with Gasteiger partial charge in [0.25, 0.3) is 5.91 Å². The lowest BCUT2D eigenvalue weighted by atomic mass is 10.2. The van der Waals surface area contributed by atoms with Crippen molar-refractivity contribution in [1.82, 2.24) is 0 Å². The number of nitrogens with one attached hydrogen (secondary N) is 1. The summed E-state index contributed by atoms with van der Waals surface area (Å²) >= 11 is 0. The van der Waals surface area contributed by atoms with Crippen LogP contribution in [0.2, 0.25) is 0 Å². The summed E-state index contributed by atoms with van der Waals surface area (Å²) in [6.45, 7) is 3.85. The molecule has 0 saturated heterocycles. The Morgan fingerprint density at radius 3 is 2.59 bits per heavy atom. The van der Waals surface area contributed by atoms with Crippen molar-refractivity contribution in [2.24, 2.45) is 0 Å². The summed E-state index contributed by atoms with van der Waals surface area (Å²) in [6.07, 6.45) is 2.79. The van der Waals surface area contributed by atoms with Crippen molar-refractivity contribution in [1.29, 1.82) is 0 Å². The molecule has 0 aromatic heterocycles. The molecule has 0 saturated carbocycles. The summed E-state index contributed by atoms with van der Waals surface area (Å²) in [5.74, 6) is -0.0406. The molecule has 0 unspecified atom stereocenters. The van der Waals surface area contributed by atoms with Crippen molar-refractivity contribution >= 4 is 17.3 Å². The van der Waals surface area contributed by atoms with Gasteiger partial charge in [-0.15, -0.1) is 0 Å². The summed E-state index contributed by atoms with van der Waals surface area (Å²) in [5, 5.41) is 2.93. The van der Waals surface area contributed by atoms with E-state index in [-0.39, 0.29) is 5.91 Å². The summed E-state index contributed by atoms with van der Waals surface area (Å²) in [4.78, 5) is 13.9. The maximum absolute atomic E-state index is 11.9. The van der Waals surface area contributed by atoms with Gasteiger partial charge in [-0.2, -0.15) is 0 Å². The highest BCUT2D eigenvalue weighted by atomic mass is 16.1. The average molecular weight is 232 g/mol. The zero-order valence-corrected chi connectivity index (χ0v) is 10.9. The Morgan fingerprint density at radius 2 is 2.00 bits per heavy atom. The van der Waals surface area contributed by atoms with E-state index in [0.717, 1.165) is 23.4 Å². The van der Waals surface area contributed by atoms with Gasteiger partial charge in [-0.25, -0.2) is 0 Å². The van der Waals surface area contributed by atoms with Crippen molar-refractivity contribution in [3.63, 3.8) is 0 Å². The van der Waals surface area contributed by atoms with Crippen LogP contribution >= 0.6 is 0 Å². The van der Waals surface area contributed by atoms with Gasteiger partial charge in [-0.05, 0) is 25.5 Å². The van der Waals surface area contributed by atoms with E-state index >= 15 is 0 Å². The first-order valence-electron chi connectivity index (χ1n) is 5.80. The molecular formula is C14H20N2O. The highest BCUT2D eigenvalue weighted by molar-refractivity contribution is 6.05. The van der Waals surface area contributed by atoms with Gasteiger partial charge < -0.3 is 10.2 Å². The van der Waals surface area contributed by atoms with Gasteiger partial charge >= 0.3 is 0 Å². The molecule has 1 aromatic carbocycles. The van der Waals surface area contributed by atoms with Gasteiger partial charge in [-0.3, -0.25) is 4.79 Å². The minimum absolute atomic E-state index is 0.0406. The van der Waals surface area contributed by atoms with Crippen LogP contribution in [0, 0.1) is 0 Å². The van der Waals surface area contributed by atoms with E-state index in [1.807, 2.05) is 63.2 Å². The molecule has 17 heavy (non-hydrogen) atoms. The van der Waals surface area contributed by atoms with E-state index < -0.39 is 0 Å². The fourth-order valence-electron chi connectivity index (χ4n) is 1.59. The molecule has 1 N–H and O–H groups in total. The zero-order chi connectivity index (χ0) is 12.8. The number of rotatable bonds is 4. The SMILES string of the molecule is CCC=C(C)C(=O)Nc1ccccc1N(C)C. The van der Waals surface area contributed by atoms with Crippen molar-refractivity contribution < 1.29 is 4.79 Å². The molecule has 0 atom stereocenters. The lowest BCUT2D eigenvalue weighted by molar-refractivity contribution is -0.112. The Bertz CT molecular complexity index is 422. The van der Waals surface area contributed by atoms with Crippen LogP contribution in [-0.2, 0) is 4.79 Å². The number of hydrogen-bond donors (Lipinski definition) is 1. The van der Waals surface area contributed by atoms with Gasteiger partial charge in [0.15, 0.2) is 0 Å². The van der Waals surface area contributed by atoms with Crippen LogP contribution in [0.25, 0.3) is 0 Å². The minimum atomic E-state index is -0.0406. The molecule has 0 fully saturated rings. The van der Waals surface area contributed by atoms with Gasteiger partial charge in [0.05, 0.1) is 11.4 Å². The van der Waals surface area contributed by atoms with Crippen LogP contribution in [0.1, 0.15) is 20.3 Å². The third-order valence-electron chi connectivity index (χ3n) is 2.50. The van der Waals surface area contributed by atoms with E-state index in [0.29, 0.717) is 0 Å². The first kappa shape index (κ1) is 13.3. The van der Waals surface area contributed by atoms with Crippen molar-refractivity contribution in [3.8, 4) is 0 Å². The van der Waals surface area contributed by atoms with Crippen LogP contribution in [0.15, 0.2) is 35.9 Å². The number of anilines is 2. The summed E-state index contributed by atoms with van der Waals surface area (Å²) < 4.78 is 0. The highest BCUT2D eigenvalue weighted by Gasteiger charge is 2.08. The molecule has 3 nitrogen and oxygen atoms in total. The van der Waals surface area contributed by atoms with Gasteiger partial charge in [0.1, 0.15) is 0 Å². The molecule has 0 aliphatic heterocycles. The van der Waals surface area contributed by atoms with E-state index in [1.54, 1.807) is 0 Å². The molecule has 0 aliphatic carbocycles. The lowest BCUT2D eigenvalue weighted by Crippen LogP contribution is -2.17. The molecular weight excluding hydrogens is 212 g/mol. The smallest absolute Gasteiger partial charge is 0.251 e. The number of hydrogen-bond acceptors (Lipinski definition) is 2. The van der Waals surface area contributed by atoms with Gasteiger partial charge in [0.2, 0.25) is 0 Å². The molecule has 0 radical (unpaired) electrons. The van der Waals surface area contributed by atoms with Crippen LogP contribution in [0.3, 0.4) is 0 Å². The fourth-order valence-corrected chi connectivity index (χ4v) is 1.59. The number of carbonyl (C=O) groups is 1. The predicted molar refractivity (Wildman–Crippen MR) is 73.4 cm³/mol. The second-order valence-corrected chi connectivity index (χ2v) is 4.16. The van der Waals surface area contributed by atoms with Crippen molar-refractivity contribution in [3.05, 3.63) is 35.9 Å². The Labute approximate surface area is 103 Å². The summed E-state index contributed by atoms with van der Waals surface area (Å²) in [5.41, 5.74) is 2.59. The van der Waals surface area contributed by atoms with E-state index in [2.05, 4.69) is 5.32 Å². The largest absolute Gasteiger partial charge is 0.376 e. The molecule has 3 heteroatoms. The van der Waals surface area contributed by atoms with Crippen molar-refractivity contribution in [2.45, 2.75) is 20.3 Å². The molecule has 0 spiro atoms. The Kier molecular flexibility index (Phi) is 4.76. The van der Waals surface area contributed by atoms with Crippen molar-refractivity contribution in [2.75, 3.05) is 24.3 Å². The van der Waals surface area contributed by atoms with Gasteiger partial charge in [-0.1, -0.05) is 25.1 Å². The number of nitrogens with zero attached hydrogens (tertiary/aromatic N) is 1. The predicted octanol–water partition coefficient (Wildman–Crippen LogP) is 3.05. The molecule has 0 aliphatic rings. The molecule has 1 aromatic rings.